The number of carbonyl (C=O) groups is 2. The molecular formula is C16H14F2N2O6. The zero-order valence-electron chi connectivity index (χ0n) is 13.3. The molecule has 2 amide bonds. The SMILES string of the molecule is O=C1[C@@H]2[C@@H](C(=O)N1c1cc(OCC(F)F)cc([N+](=O)[O-])c1)[C@H]1CC[C@H]2O1. The van der Waals surface area contributed by atoms with Gasteiger partial charge in [0, 0.05) is 12.1 Å². The van der Waals surface area contributed by atoms with Gasteiger partial charge in [0.15, 0.2) is 0 Å². The molecule has 4 rings (SSSR count). The van der Waals surface area contributed by atoms with Gasteiger partial charge in [-0.25, -0.2) is 13.7 Å². The number of nitrogens with zero attached hydrogens (tertiary/aromatic N) is 2. The number of nitro groups is 1. The average molecular weight is 368 g/mol. The first-order chi connectivity index (χ1) is 12.4. The number of hydrogen-bond acceptors (Lipinski definition) is 6. The highest BCUT2D eigenvalue weighted by molar-refractivity contribution is 6.23. The van der Waals surface area contributed by atoms with Crippen LogP contribution in [0.4, 0.5) is 20.2 Å². The number of imide groups is 1. The maximum atomic E-state index is 12.7. The van der Waals surface area contributed by atoms with Crippen LogP contribution in [0.3, 0.4) is 0 Å². The van der Waals surface area contributed by atoms with E-state index in [0.717, 1.165) is 17.0 Å². The molecule has 0 aliphatic carbocycles. The summed E-state index contributed by atoms with van der Waals surface area (Å²) in [6.07, 6.45) is -2.02. The summed E-state index contributed by atoms with van der Waals surface area (Å²) in [6.45, 7) is -0.953. The number of alkyl halides is 2. The Morgan fingerprint density at radius 2 is 1.81 bits per heavy atom. The first kappa shape index (κ1) is 16.8. The van der Waals surface area contributed by atoms with E-state index in [9.17, 15) is 28.5 Å². The number of amides is 2. The van der Waals surface area contributed by atoms with Crippen molar-refractivity contribution in [1.29, 1.82) is 0 Å². The molecule has 0 spiro atoms. The topological polar surface area (TPSA) is 99.0 Å². The van der Waals surface area contributed by atoms with Crippen molar-refractivity contribution in [3.63, 3.8) is 0 Å². The monoisotopic (exact) mass is 368 g/mol. The molecule has 10 heteroatoms. The van der Waals surface area contributed by atoms with Gasteiger partial charge >= 0.3 is 0 Å². The van der Waals surface area contributed by atoms with Gasteiger partial charge in [-0.3, -0.25) is 19.7 Å². The zero-order valence-corrected chi connectivity index (χ0v) is 13.3. The Hall–Kier alpha value is -2.62. The number of fused-ring (bicyclic) bond motifs is 5. The van der Waals surface area contributed by atoms with Crippen molar-refractivity contribution in [2.24, 2.45) is 11.8 Å². The van der Waals surface area contributed by atoms with E-state index >= 15 is 0 Å². The summed E-state index contributed by atoms with van der Waals surface area (Å²) in [7, 11) is 0. The van der Waals surface area contributed by atoms with E-state index in [2.05, 4.69) is 0 Å². The lowest BCUT2D eigenvalue weighted by Crippen LogP contribution is -2.34. The van der Waals surface area contributed by atoms with Gasteiger partial charge in [-0.1, -0.05) is 0 Å². The smallest absolute Gasteiger partial charge is 0.275 e. The highest BCUT2D eigenvalue weighted by atomic mass is 19.3. The fourth-order valence-corrected chi connectivity index (χ4v) is 4.01. The summed E-state index contributed by atoms with van der Waals surface area (Å²) < 4.78 is 35.2. The van der Waals surface area contributed by atoms with Crippen LogP contribution >= 0.6 is 0 Å². The highest BCUT2D eigenvalue weighted by Gasteiger charge is 2.62. The molecule has 0 saturated carbocycles. The molecule has 2 bridgehead atoms. The normalized spacial score (nSPS) is 29.6. The fourth-order valence-electron chi connectivity index (χ4n) is 4.01. The average Bonchev–Trinajstić information content (AvgIpc) is 3.26. The van der Waals surface area contributed by atoms with E-state index in [1.807, 2.05) is 0 Å². The molecule has 3 saturated heterocycles. The standard InChI is InChI=1S/C16H14F2N2O6/c17-12(18)6-25-9-4-7(3-8(5-9)20(23)24)19-15(21)13-10-1-2-11(26-10)14(13)16(19)22/h3-5,10-14H,1-2,6H2/t10-,11-,13+,14+/m1/s1. The number of non-ortho nitro benzene ring substituents is 1. The van der Waals surface area contributed by atoms with E-state index < -0.39 is 47.3 Å². The largest absolute Gasteiger partial charge is 0.487 e. The summed E-state index contributed by atoms with van der Waals surface area (Å²) in [4.78, 5) is 36.8. The van der Waals surface area contributed by atoms with Crippen molar-refractivity contribution < 1.29 is 32.8 Å². The maximum Gasteiger partial charge on any atom is 0.275 e. The number of carbonyl (C=O) groups excluding carboxylic acids is 2. The van der Waals surface area contributed by atoms with Crippen LogP contribution in [-0.4, -0.2) is 42.0 Å². The van der Waals surface area contributed by atoms with E-state index in [-0.39, 0.29) is 23.6 Å². The molecule has 138 valence electrons. The van der Waals surface area contributed by atoms with Gasteiger partial charge in [0.2, 0.25) is 11.8 Å². The van der Waals surface area contributed by atoms with Crippen molar-refractivity contribution in [2.75, 3.05) is 11.5 Å². The van der Waals surface area contributed by atoms with Gasteiger partial charge in [-0.2, -0.15) is 0 Å². The molecule has 3 heterocycles. The van der Waals surface area contributed by atoms with Crippen LogP contribution in [0.15, 0.2) is 18.2 Å². The van der Waals surface area contributed by atoms with Crippen molar-refractivity contribution in [1.82, 2.24) is 0 Å². The molecular weight excluding hydrogens is 354 g/mol. The number of halogens is 2. The van der Waals surface area contributed by atoms with E-state index in [4.69, 9.17) is 9.47 Å². The second-order valence-electron chi connectivity index (χ2n) is 6.50. The second kappa shape index (κ2) is 5.97. The zero-order chi connectivity index (χ0) is 18.6. The molecule has 3 aliphatic heterocycles. The van der Waals surface area contributed by atoms with Gasteiger partial charge < -0.3 is 9.47 Å². The molecule has 1 aromatic rings. The molecule has 3 aliphatic rings. The summed E-state index contributed by atoms with van der Waals surface area (Å²) in [5.41, 5.74) is -0.504. The minimum Gasteiger partial charge on any atom is -0.487 e. The van der Waals surface area contributed by atoms with Crippen LogP contribution in [0.5, 0.6) is 5.75 Å². The summed E-state index contributed by atoms with van der Waals surface area (Å²) in [5, 5.41) is 11.1. The number of rotatable bonds is 5. The fraction of sp³-hybridized carbons (Fsp3) is 0.500. The molecule has 3 fully saturated rings. The summed E-state index contributed by atoms with van der Waals surface area (Å²) >= 11 is 0. The van der Waals surface area contributed by atoms with E-state index in [1.54, 1.807) is 0 Å². The van der Waals surface area contributed by atoms with Crippen LogP contribution < -0.4 is 9.64 Å². The quantitative estimate of drug-likeness (QED) is 0.447. The molecule has 4 atom stereocenters. The number of hydrogen-bond donors (Lipinski definition) is 0. The minimum absolute atomic E-state index is 0.0488. The van der Waals surface area contributed by atoms with Crippen molar-refractivity contribution >= 4 is 23.2 Å². The minimum atomic E-state index is -2.76. The first-order valence-electron chi connectivity index (χ1n) is 8.10. The lowest BCUT2D eigenvalue weighted by molar-refractivity contribution is -0.384. The Morgan fingerprint density at radius 3 is 2.35 bits per heavy atom. The van der Waals surface area contributed by atoms with Crippen molar-refractivity contribution in [3.8, 4) is 5.75 Å². The Kier molecular flexibility index (Phi) is 3.87. The van der Waals surface area contributed by atoms with Crippen LogP contribution in [0.25, 0.3) is 0 Å². The predicted octanol–water partition coefficient (Wildman–Crippen LogP) is 1.91. The molecule has 0 radical (unpaired) electrons. The van der Waals surface area contributed by atoms with E-state index in [0.29, 0.717) is 12.8 Å². The Labute approximate surface area is 145 Å². The molecule has 0 unspecified atom stereocenters. The molecule has 0 aromatic heterocycles. The Bertz CT molecular complexity index is 773. The number of anilines is 1. The van der Waals surface area contributed by atoms with Gasteiger partial charge in [0.05, 0.1) is 40.7 Å². The highest BCUT2D eigenvalue weighted by Crippen LogP contribution is 2.49. The maximum absolute atomic E-state index is 12.7. The van der Waals surface area contributed by atoms with Gasteiger partial charge in [0.25, 0.3) is 12.1 Å². The van der Waals surface area contributed by atoms with Crippen molar-refractivity contribution in [3.05, 3.63) is 28.3 Å². The molecule has 0 N–H and O–H groups in total. The first-order valence-corrected chi connectivity index (χ1v) is 8.10. The van der Waals surface area contributed by atoms with Crippen LogP contribution in [-0.2, 0) is 14.3 Å². The van der Waals surface area contributed by atoms with Gasteiger partial charge in [-0.15, -0.1) is 0 Å². The third kappa shape index (κ3) is 2.52. The Morgan fingerprint density at radius 1 is 1.19 bits per heavy atom. The number of ether oxygens (including phenoxy) is 2. The van der Waals surface area contributed by atoms with Crippen LogP contribution in [0.2, 0.25) is 0 Å². The van der Waals surface area contributed by atoms with Gasteiger partial charge in [-0.05, 0) is 12.8 Å². The Balaban J connectivity index is 1.69. The van der Waals surface area contributed by atoms with E-state index in [1.165, 1.54) is 6.07 Å². The lowest BCUT2D eigenvalue weighted by atomic mass is 9.81. The summed E-state index contributed by atoms with van der Waals surface area (Å²) in [6, 6.07) is 3.23. The number of nitro benzene ring substituents is 1. The lowest BCUT2D eigenvalue weighted by Gasteiger charge is -2.18. The third-order valence-corrected chi connectivity index (χ3v) is 5.01. The van der Waals surface area contributed by atoms with Gasteiger partial charge in [0.1, 0.15) is 12.4 Å². The molecule has 8 nitrogen and oxygen atoms in total. The second-order valence-corrected chi connectivity index (χ2v) is 6.50. The molecule has 26 heavy (non-hydrogen) atoms. The third-order valence-electron chi connectivity index (χ3n) is 5.01. The van der Waals surface area contributed by atoms with Crippen LogP contribution in [0, 0.1) is 22.0 Å². The van der Waals surface area contributed by atoms with Crippen LogP contribution in [0.1, 0.15) is 12.8 Å². The summed E-state index contributed by atoms with van der Waals surface area (Å²) in [5.74, 6) is -2.34. The number of benzene rings is 1. The molecule has 1 aromatic carbocycles. The predicted molar refractivity (Wildman–Crippen MR) is 82.0 cm³/mol. The van der Waals surface area contributed by atoms with Crippen molar-refractivity contribution in [2.45, 2.75) is 31.5 Å².